The van der Waals surface area contributed by atoms with Gasteiger partial charge in [0.2, 0.25) is 0 Å². The Kier molecular flexibility index (Phi) is 6.62. The maximum atomic E-state index is 12.8. The Balaban J connectivity index is 1.29. The van der Waals surface area contributed by atoms with Gasteiger partial charge in [0.15, 0.2) is 0 Å². The third kappa shape index (κ3) is 5.17. The summed E-state index contributed by atoms with van der Waals surface area (Å²) in [5.74, 6) is 1.59. The highest BCUT2D eigenvalue weighted by molar-refractivity contribution is 6.35. The third-order valence-corrected chi connectivity index (χ3v) is 5.64. The minimum absolute atomic E-state index is 0.0564. The van der Waals surface area contributed by atoms with Gasteiger partial charge in [0.05, 0.1) is 17.8 Å². The van der Waals surface area contributed by atoms with Gasteiger partial charge in [0.1, 0.15) is 18.1 Å². The summed E-state index contributed by atoms with van der Waals surface area (Å²) in [6.45, 7) is 4.22. The second-order valence-electron chi connectivity index (χ2n) is 7.21. The van der Waals surface area contributed by atoms with Gasteiger partial charge in [-0.15, -0.1) is 0 Å². The topological polar surface area (TPSA) is 45.9 Å². The zero-order valence-corrected chi connectivity index (χ0v) is 17.9. The van der Waals surface area contributed by atoms with Crippen LogP contribution in [0.1, 0.15) is 21.7 Å². The highest BCUT2D eigenvalue weighted by atomic mass is 35.5. The lowest BCUT2D eigenvalue weighted by Crippen LogP contribution is -2.48. The maximum Gasteiger partial charge on any atom is 0.253 e. The number of hydrogen-bond donors (Lipinski definition) is 0. The van der Waals surface area contributed by atoms with Gasteiger partial charge in [0, 0.05) is 36.8 Å². The van der Waals surface area contributed by atoms with Gasteiger partial charge in [0.25, 0.3) is 5.91 Å². The third-order valence-electron chi connectivity index (χ3n) is 5.11. The van der Waals surface area contributed by atoms with E-state index in [0.29, 0.717) is 41.1 Å². The van der Waals surface area contributed by atoms with E-state index in [4.69, 9.17) is 32.4 Å². The molecule has 3 aromatic rings. The molecular formula is C23H22Cl2N2O3. The molecular weight excluding hydrogens is 423 g/mol. The first kappa shape index (κ1) is 20.8. The fraction of sp³-hybridized carbons (Fsp3) is 0.261. The number of rotatable bonds is 6. The quantitative estimate of drug-likeness (QED) is 0.528. The summed E-state index contributed by atoms with van der Waals surface area (Å²) in [7, 11) is 0. The summed E-state index contributed by atoms with van der Waals surface area (Å²) in [5, 5.41) is 1.04. The first-order valence-electron chi connectivity index (χ1n) is 9.79. The molecule has 5 nitrogen and oxygen atoms in total. The highest BCUT2D eigenvalue weighted by Crippen LogP contribution is 2.28. The Hall–Kier alpha value is -2.47. The molecule has 1 amide bonds. The fourth-order valence-electron chi connectivity index (χ4n) is 3.41. The number of halogens is 2. The van der Waals surface area contributed by atoms with Crippen molar-refractivity contribution in [2.45, 2.75) is 13.2 Å². The number of hydrogen-bond acceptors (Lipinski definition) is 4. The molecule has 7 heteroatoms. The van der Waals surface area contributed by atoms with Crippen LogP contribution in [-0.4, -0.2) is 41.9 Å². The highest BCUT2D eigenvalue weighted by Gasteiger charge is 2.22. The van der Waals surface area contributed by atoms with Crippen LogP contribution in [0.4, 0.5) is 0 Å². The summed E-state index contributed by atoms with van der Waals surface area (Å²) < 4.78 is 11.2. The van der Waals surface area contributed by atoms with E-state index in [1.165, 1.54) is 0 Å². The summed E-state index contributed by atoms with van der Waals surface area (Å²) in [6, 6.07) is 16.5. The lowest BCUT2D eigenvalue weighted by molar-refractivity contribution is 0.0620. The molecule has 2 heterocycles. The number of carbonyl (C=O) groups is 1. The SMILES string of the molecule is O=C(c1ccc(COc2ccc(Cl)cc2Cl)cc1)N1CCN(Cc2ccco2)CC1. The van der Waals surface area contributed by atoms with E-state index < -0.39 is 0 Å². The Bertz CT molecular complexity index is 982. The molecule has 1 aromatic heterocycles. The maximum absolute atomic E-state index is 12.8. The molecule has 1 saturated heterocycles. The van der Waals surface area contributed by atoms with Crippen LogP contribution in [0, 0.1) is 0 Å². The molecule has 156 valence electrons. The molecule has 2 aromatic carbocycles. The largest absolute Gasteiger partial charge is 0.487 e. The molecule has 1 aliphatic heterocycles. The number of nitrogens with zero attached hydrogens (tertiary/aromatic N) is 2. The van der Waals surface area contributed by atoms with Crippen LogP contribution in [-0.2, 0) is 13.2 Å². The first-order valence-corrected chi connectivity index (χ1v) is 10.5. The van der Waals surface area contributed by atoms with Gasteiger partial charge in [-0.2, -0.15) is 0 Å². The molecule has 1 fully saturated rings. The van der Waals surface area contributed by atoms with E-state index in [1.807, 2.05) is 41.3 Å². The van der Waals surface area contributed by atoms with E-state index in [9.17, 15) is 4.79 Å². The predicted molar refractivity (Wildman–Crippen MR) is 117 cm³/mol. The smallest absolute Gasteiger partial charge is 0.253 e. The molecule has 30 heavy (non-hydrogen) atoms. The number of piperazine rings is 1. The molecule has 0 saturated carbocycles. The summed E-state index contributed by atoms with van der Waals surface area (Å²) in [5.41, 5.74) is 1.64. The second-order valence-corrected chi connectivity index (χ2v) is 8.05. The monoisotopic (exact) mass is 444 g/mol. The van der Waals surface area contributed by atoms with Gasteiger partial charge in [-0.3, -0.25) is 9.69 Å². The van der Waals surface area contributed by atoms with Crippen LogP contribution in [0.15, 0.2) is 65.3 Å². The Morgan fingerprint density at radius 1 is 1.00 bits per heavy atom. The van der Waals surface area contributed by atoms with Gasteiger partial charge in [-0.25, -0.2) is 0 Å². The molecule has 0 N–H and O–H groups in total. The summed E-state index contributed by atoms with van der Waals surface area (Å²) >= 11 is 12.0. The van der Waals surface area contributed by atoms with Gasteiger partial charge in [-0.1, -0.05) is 35.3 Å². The molecule has 4 rings (SSSR count). The zero-order valence-electron chi connectivity index (χ0n) is 16.4. The van der Waals surface area contributed by atoms with Crippen LogP contribution in [0.2, 0.25) is 10.0 Å². The standard InChI is InChI=1S/C23H22Cl2N2O3/c24-19-7-8-22(21(25)14-19)30-16-17-3-5-18(6-4-17)23(28)27-11-9-26(10-12-27)15-20-2-1-13-29-20/h1-8,13-14H,9-12,15-16H2. The average molecular weight is 445 g/mol. The predicted octanol–water partition coefficient (Wildman–Crippen LogP) is 5.12. The van der Waals surface area contributed by atoms with Crippen molar-refractivity contribution < 1.29 is 13.9 Å². The van der Waals surface area contributed by atoms with Crippen molar-refractivity contribution >= 4 is 29.1 Å². The van der Waals surface area contributed by atoms with Crippen LogP contribution in [0.3, 0.4) is 0 Å². The van der Waals surface area contributed by atoms with Crippen molar-refractivity contribution in [3.63, 3.8) is 0 Å². The van der Waals surface area contributed by atoms with Crippen LogP contribution in [0.5, 0.6) is 5.75 Å². The van der Waals surface area contributed by atoms with Crippen molar-refractivity contribution in [3.05, 3.63) is 87.8 Å². The molecule has 0 unspecified atom stereocenters. The molecule has 0 aliphatic carbocycles. The Morgan fingerprint density at radius 2 is 1.77 bits per heavy atom. The van der Waals surface area contributed by atoms with Crippen molar-refractivity contribution in [3.8, 4) is 5.75 Å². The summed E-state index contributed by atoms with van der Waals surface area (Å²) in [6.07, 6.45) is 1.69. The lowest BCUT2D eigenvalue weighted by Gasteiger charge is -2.34. The number of carbonyl (C=O) groups excluding carboxylic acids is 1. The van der Waals surface area contributed by atoms with Crippen molar-refractivity contribution in [2.24, 2.45) is 0 Å². The van der Waals surface area contributed by atoms with E-state index >= 15 is 0 Å². The lowest BCUT2D eigenvalue weighted by atomic mass is 10.1. The molecule has 1 aliphatic rings. The van der Waals surface area contributed by atoms with Gasteiger partial charge < -0.3 is 14.1 Å². The average Bonchev–Trinajstić information content (AvgIpc) is 3.27. The number of furan rings is 1. The van der Waals surface area contributed by atoms with E-state index in [1.54, 1.807) is 24.5 Å². The molecule has 0 spiro atoms. The molecule has 0 bridgehead atoms. The number of ether oxygens (including phenoxy) is 1. The molecule has 0 radical (unpaired) electrons. The number of amides is 1. The van der Waals surface area contributed by atoms with Crippen LogP contribution in [0.25, 0.3) is 0 Å². The van der Waals surface area contributed by atoms with Crippen LogP contribution < -0.4 is 4.74 Å². The summed E-state index contributed by atoms with van der Waals surface area (Å²) in [4.78, 5) is 17.0. The van der Waals surface area contributed by atoms with Gasteiger partial charge in [-0.05, 0) is 48.0 Å². The normalized spacial score (nSPS) is 14.7. The number of benzene rings is 2. The second kappa shape index (κ2) is 9.56. The van der Waals surface area contributed by atoms with Crippen molar-refractivity contribution in [2.75, 3.05) is 26.2 Å². The van der Waals surface area contributed by atoms with Crippen LogP contribution >= 0.6 is 23.2 Å². The fourth-order valence-corrected chi connectivity index (χ4v) is 3.87. The van der Waals surface area contributed by atoms with E-state index in [-0.39, 0.29) is 5.91 Å². The van der Waals surface area contributed by atoms with E-state index in [2.05, 4.69) is 4.90 Å². The Labute approximate surface area is 185 Å². The molecule has 0 atom stereocenters. The minimum atomic E-state index is 0.0564. The van der Waals surface area contributed by atoms with Crippen molar-refractivity contribution in [1.29, 1.82) is 0 Å². The van der Waals surface area contributed by atoms with Gasteiger partial charge >= 0.3 is 0 Å². The Morgan fingerprint density at radius 3 is 2.43 bits per heavy atom. The van der Waals surface area contributed by atoms with Crippen molar-refractivity contribution in [1.82, 2.24) is 9.80 Å². The first-order chi connectivity index (χ1) is 14.6. The zero-order chi connectivity index (χ0) is 20.9. The van der Waals surface area contributed by atoms with E-state index in [0.717, 1.165) is 31.0 Å². The minimum Gasteiger partial charge on any atom is -0.487 e.